The van der Waals surface area contributed by atoms with Gasteiger partial charge in [0.1, 0.15) is 0 Å². The van der Waals surface area contributed by atoms with Crippen LogP contribution in [0.3, 0.4) is 0 Å². The quantitative estimate of drug-likeness (QED) is 0.781. The van der Waals surface area contributed by atoms with Crippen LogP contribution in [0.2, 0.25) is 0 Å². The molecule has 1 amide bonds. The molecule has 0 spiro atoms. The lowest BCUT2D eigenvalue weighted by molar-refractivity contribution is -0.226. The molecule has 4 rings (SSSR count). The van der Waals surface area contributed by atoms with Crippen LogP contribution in [0, 0.1) is 11.3 Å². The maximum atomic E-state index is 13.7. The molecule has 1 aliphatic carbocycles. The van der Waals surface area contributed by atoms with E-state index in [1.54, 1.807) is 7.05 Å². The van der Waals surface area contributed by atoms with Gasteiger partial charge < -0.3 is 9.47 Å². The third-order valence-corrected chi connectivity index (χ3v) is 5.89. The number of rotatable bonds is 1. The SMILES string of the molecule is Cn1cnc2cc(C(=O)N3C[C@@H]4CCC[C@]4(C(F)(F)F)C3)ccc2c1=O. The van der Waals surface area contributed by atoms with E-state index in [2.05, 4.69) is 4.98 Å². The minimum absolute atomic E-state index is 0.0836. The van der Waals surface area contributed by atoms with Gasteiger partial charge in [-0.25, -0.2) is 4.98 Å². The van der Waals surface area contributed by atoms with Gasteiger partial charge in [-0.1, -0.05) is 6.42 Å². The lowest BCUT2D eigenvalue weighted by Gasteiger charge is -2.31. The normalized spacial score (nSPS) is 25.7. The monoisotopic (exact) mass is 365 g/mol. The minimum Gasteiger partial charge on any atom is -0.337 e. The molecular formula is C18H18F3N3O2. The number of aryl methyl sites for hydroxylation is 1. The van der Waals surface area contributed by atoms with Crippen LogP contribution in [0.4, 0.5) is 13.2 Å². The largest absolute Gasteiger partial charge is 0.396 e. The number of nitrogens with zero attached hydrogens (tertiary/aromatic N) is 3. The van der Waals surface area contributed by atoms with Crippen molar-refractivity contribution in [1.82, 2.24) is 14.5 Å². The van der Waals surface area contributed by atoms with Gasteiger partial charge >= 0.3 is 6.18 Å². The van der Waals surface area contributed by atoms with E-state index in [1.165, 1.54) is 34.0 Å². The third-order valence-electron chi connectivity index (χ3n) is 5.89. The Balaban J connectivity index is 1.66. The summed E-state index contributed by atoms with van der Waals surface area (Å²) in [7, 11) is 1.58. The summed E-state index contributed by atoms with van der Waals surface area (Å²) in [5.41, 5.74) is -1.38. The van der Waals surface area contributed by atoms with Crippen LogP contribution in [0.5, 0.6) is 0 Å². The molecule has 0 N–H and O–H groups in total. The first kappa shape index (κ1) is 17.1. The zero-order valence-electron chi connectivity index (χ0n) is 14.2. The highest BCUT2D eigenvalue weighted by Gasteiger charge is 2.65. The highest BCUT2D eigenvalue weighted by molar-refractivity contribution is 5.97. The van der Waals surface area contributed by atoms with Crippen molar-refractivity contribution >= 4 is 16.8 Å². The van der Waals surface area contributed by atoms with Gasteiger partial charge in [-0.3, -0.25) is 9.59 Å². The van der Waals surface area contributed by atoms with E-state index in [1.807, 2.05) is 0 Å². The van der Waals surface area contributed by atoms with Gasteiger partial charge in [0.15, 0.2) is 0 Å². The van der Waals surface area contributed by atoms with Gasteiger partial charge in [0.05, 0.1) is 22.6 Å². The molecule has 0 unspecified atom stereocenters. The molecule has 0 radical (unpaired) electrons. The summed E-state index contributed by atoms with van der Waals surface area (Å²) >= 11 is 0. The molecule has 138 valence electrons. The van der Waals surface area contributed by atoms with Crippen molar-refractivity contribution in [2.24, 2.45) is 18.4 Å². The van der Waals surface area contributed by atoms with Crippen molar-refractivity contribution in [2.45, 2.75) is 25.4 Å². The Morgan fingerprint density at radius 1 is 1.35 bits per heavy atom. The summed E-state index contributed by atoms with van der Waals surface area (Å²) < 4.78 is 42.3. The molecule has 2 aliphatic rings. The molecule has 1 aliphatic heterocycles. The van der Waals surface area contributed by atoms with Crippen molar-refractivity contribution in [3.8, 4) is 0 Å². The standard InChI is InChI=1S/C18H18F3N3O2/c1-23-10-22-14-7-11(4-5-13(14)16(23)26)15(25)24-8-12-3-2-6-17(12,9-24)18(19,20)21/h4-5,7,10,12H,2-3,6,8-9H2,1H3/t12-,17-/m0/s1. The first-order valence-electron chi connectivity index (χ1n) is 8.54. The lowest BCUT2D eigenvalue weighted by Crippen LogP contribution is -2.42. The summed E-state index contributed by atoms with van der Waals surface area (Å²) in [5, 5.41) is 0.372. The van der Waals surface area contributed by atoms with E-state index >= 15 is 0 Å². The van der Waals surface area contributed by atoms with Crippen LogP contribution < -0.4 is 5.56 Å². The number of halogens is 3. The van der Waals surface area contributed by atoms with E-state index in [4.69, 9.17) is 0 Å². The van der Waals surface area contributed by atoms with Crippen LogP contribution in [-0.2, 0) is 7.05 Å². The molecule has 0 bridgehead atoms. The Hall–Kier alpha value is -2.38. The number of hydrogen-bond acceptors (Lipinski definition) is 3. The van der Waals surface area contributed by atoms with Gasteiger partial charge in [0.25, 0.3) is 11.5 Å². The van der Waals surface area contributed by atoms with Crippen molar-refractivity contribution in [1.29, 1.82) is 0 Å². The fourth-order valence-electron chi connectivity index (χ4n) is 4.43. The molecule has 1 saturated heterocycles. The maximum Gasteiger partial charge on any atom is 0.396 e. The number of likely N-dealkylation sites (tertiary alicyclic amines) is 1. The molecule has 26 heavy (non-hydrogen) atoms. The van der Waals surface area contributed by atoms with Crippen molar-refractivity contribution in [3.63, 3.8) is 0 Å². The van der Waals surface area contributed by atoms with E-state index in [-0.39, 0.29) is 30.6 Å². The van der Waals surface area contributed by atoms with Crippen LogP contribution in [0.15, 0.2) is 29.3 Å². The van der Waals surface area contributed by atoms with Gasteiger partial charge in [-0.05, 0) is 37.0 Å². The molecule has 5 nitrogen and oxygen atoms in total. The van der Waals surface area contributed by atoms with Crippen molar-refractivity contribution in [2.75, 3.05) is 13.1 Å². The number of carbonyl (C=O) groups is 1. The number of amides is 1. The number of alkyl halides is 3. The van der Waals surface area contributed by atoms with Crippen LogP contribution in [-0.4, -0.2) is 39.6 Å². The second kappa shape index (κ2) is 5.56. The smallest absolute Gasteiger partial charge is 0.337 e. The van der Waals surface area contributed by atoms with Crippen LogP contribution in [0.25, 0.3) is 10.9 Å². The van der Waals surface area contributed by atoms with E-state index < -0.39 is 23.4 Å². The molecule has 2 fully saturated rings. The van der Waals surface area contributed by atoms with Gasteiger partial charge in [0, 0.05) is 25.7 Å². The second-order valence-electron chi connectivity index (χ2n) is 7.32. The molecule has 1 saturated carbocycles. The number of benzene rings is 1. The van der Waals surface area contributed by atoms with Gasteiger partial charge in [-0.2, -0.15) is 13.2 Å². The minimum atomic E-state index is -4.31. The van der Waals surface area contributed by atoms with Crippen LogP contribution >= 0.6 is 0 Å². The second-order valence-corrected chi connectivity index (χ2v) is 7.32. The van der Waals surface area contributed by atoms with Crippen molar-refractivity contribution in [3.05, 3.63) is 40.4 Å². The summed E-state index contributed by atoms with van der Waals surface area (Å²) in [4.78, 5) is 30.3. The number of hydrogen-bond donors (Lipinski definition) is 0. The summed E-state index contributed by atoms with van der Waals surface area (Å²) in [6, 6.07) is 4.48. The Morgan fingerprint density at radius 3 is 2.81 bits per heavy atom. The summed E-state index contributed by atoms with van der Waals surface area (Å²) in [5.74, 6) is -0.968. The molecule has 1 aromatic carbocycles. The van der Waals surface area contributed by atoms with E-state index in [0.29, 0.717) is 23.7 Å². The Labute approximate surface area is 147 Å². The van der Waals surface area contributed by atoms with Crippen LogP contribution in [0.1, 0.15) is 29.6 Å². The number of aromatic nitrogens is 2. The number of carbonyl (C=O) groups excluding carboxylic acids is 1. The first-order valence-corrected chi connectivity index (χ1v) is 8.54. The third kappa shape index (κ3) is 2.34. The maximum absolute atomic E-state index is 13.7. The lowest BCUT2D eigenvalue weighted by atomic mass is 9.80. The van der Waals surface area contributed by atoms with Crippen molar-refractivity contribution < 1.29 is 18.0 Å². The fourth-order valence-corrected chi connectivity index (χ4v) is 4.43. The predicted octanol–water partition coefficient (Wildman–Crippen LogP) is 2.74. The Bertz CT molecular complexity index is 953. The molecule has 1 aromatic heterocycles. The summed E-state index contributed by atoms with van der Waals surface area (Å²) in [6.45, 7) is -0.164. The summed E-state index contributed by atoms with van der Waals surface area (Å²) in [6.07, 6.45) is -1.81. The highest BCUT2D eigenvalue weighted by Crippen LogP contribution is 2.57. The zero-order chi connectivity index (χ0) is 18.7. The molecule has 2 heterocycles. The molecular weight excluding hydrogens is 347 g/mol. The average molecular weight is 365 g/mol. The average Bonchev–Trinajstić information content (AvgIpc) is 3.15. The Kier molecular flexibility index (Phi) is 3.65. The number of fused-ring (bicyclic) bond motifs is 2. The fraction of sp³-hybridized carbons (Fsp3) is 0.500. The molecule has 2 aromatic rings. The van der Waals surface area contributed by atoms with E-state index in [0.717, 1.165) is 0 Å². The van der Waals surface area contributed by atoms with Gasteiger partial charge in [-0.15, -0.1) is 0 Å². The Morgan fingerprint density at radius 2 is 2.12 bits per heavy atom. The molecule has 8 heteroatoms. The first-order chi connectivity index (χ1) is 12.2. The van der Waals surface area contributed by atoms with E-state index in [9.17, 15) is 22.8 Å². The molecule has 2 atom stereocenters. The predicted molar refractivity (Wildman–Crippen MR) is 88.7 cm³/mol. The topological polar surface area (TPSA) is 55.2 Å². The highest BCUT2D eigenvalue weighted by atomic mass is 19.4. The zero-order valence-corrected chi connectivity index (χ0v) is 14.2. The van der Waals surface area contributed by atoms with Gasteiger partial charge in [0.2, 0.25) is 0 Å².